The second-order valence-corrected chi connectivity index (χ2v) is 12.6. The number of pyridine rings is 1. The molecule has 0 saturated carbocycles. The van der Waals surface area contributed by atoms with Crippen LogP contribution in [0.2, 0.25) is 0 Å². The number of hydrogen-bond donors (Lipinski definition) is 1. The number of benzene rings is 4. The molecule has 296 valence electrons. The third kappa shape index (κ3) is 8.71. The van der Waals surface area contributed by atoms with E-state index in [9.17, 15) is 9.59 Å². The van der Waals surface area contributed by atoms with Gasteiger partial charge in [-0.3, -0.25) is 4.98 Å². The molecule has 0 aliphatic carbocycles. The van der Waals surface area contributed by atoms with Crippen LogP contribution in [0.15, 0.2) is 84.9 Å². The lowest BCUT2D eigenvalue weighted by atomic mass is 10.1. The number of aromatic nitrogens is 3. The van der Waals surface area contributed by atoms with Crippen LogP contribution in [-0.2, 0) is 41.6 Å². The maximum atomic E-state index is 13.2. The second kappa shape index (κ2) is 18.0. The monoisotopic (exact) mass is 779 g/mol. The molecule has 0 bridgehead atoms. The first kappa shape index (κ1) is 38.9. The van der Waals surface area contributed by atoms with Crippen LogP contribution in [0.4, 0.5) is 4.79 Å². The Bertz CT molecular complexity index is 2470. The minimum atomic E-state index is -0.584. The fourth-order valence-electron chi connectivity index (χ4n) is 6.41. The molecule has 57 heavy (non-hydrogen) atoms. The highest BCUT2D eigenvalue weighted by molar-refractivity contribution is 6.15. The first-order valence-corrected chi connectivity index (χ1v) is 17.8. The van der Waals surface area contributed by atoms with E-state index in [1.54, 1.807) is 39.5 Å². The lowest BCUT2D eigenvalue weighted by Crippen LogP contribution is -2.17. The predicted molar refractivity (Wildman–Crippen MR) is 209 cm³/mol. The highest BCUT2D eigenvalue weighted by Crippen LogP contribution is 2.35. The molecule has 0 atom stereocenters. The van der Waals surface area contributed by atoms with Crippen molar-refractivity contribution in [2.75, 3.05) is 62.0 Å². The Morgan fingerprint density at radius 2 is 1.16 bits per heavy atom. The Hall–Kier alpha value is -6.39. The van der Waals surface area contributed by atoms with Gasteiger partial charge in [0.2, 0.25) is 0 Å². The molecule has 15 heteroatoms. The van der Waals surface area contributed by atoms with E-state index in [1.807, 2.05) is 66.7 Å². The molecular formula is C42H41N3O12. The number of ether oxygens (including phenoxy) is 10. The van der Waals surface area contributed by atoms with Crippen LogP contribution in [0.25, 0.3) is 43.6 Å². The number of carbonyl (C=O) groups excluding carboxylic acids is 2. The van der Waals surface area contributed by atoms with E-state index in [4.69, 9.17) is 47.4 Å². The van der Waals surface area contributed by atoms with Gasteiger partial charge in [-0.1, -0.05) is 6.07 Å². The molecule has 15 nitrogen and oxygen atoms in total. The van der Waals surface area contributed by atoms with Crippen LogP contribution < -0.4 is 18.9 Å². The molecular weight excluding hydrogens is 738 g/mol. The van der Waals surface area contributed by atoms with Gasteiger partial charge in [-0.2, -0.15) is 0 Å². The van der Waals surface area contributed by atoms with Crippen LogP contribution in [0.5, 0.6) is 23.0 Å². The summed E-state index contributed by atoms with van der Waals surface area (Å²) in [7, 11) is 6.32. The fraction of sp³-hybridized carbons (Fsp3) is 0.262. The van der Waals surface area contributed by atoms with Crippen LogP contribution in [0, 0.1) is 0 Å². The Morgan fingerprint density at radius 3 is 1.79 bits per heavy atom. The Kier molecular flexibility index (Phi) is 12.3. The van der Waals surface area contributed by atoms with Gasteiger partial charge in [0.1, 0.15) is 36.4 Å². The summed E-state index contributed by atoms with van der Waals surface area (Å²) in [5.74, 6) is 1.96. The fourth-order valence-corrected chi connectivity index (χ4v) is 6.41. The highest BCUT2D eigenvalue weighted by atomic mass is 16.7. The molecule has 1 N–H and O–H groups in total. The third-order valence-corrected chi connectivity index (χ3v) is 9.13. The van der Waals surface area contributed by atoms with Crippen molar-refractivity contribution in [1.29, 1.82) is 0 Å². The van der Waals surface area contributed by atoms with E-state index < -0.39 is 12.1 Å². The van der Waals surface area contributed by atoms with Gasteiger partial charge < -0.3 is 52.4 Å². The summed E-state index contributed by atoms with van der Waals surface area (Å²) in [6, 6.07) is 25.5. The molecule has 0 unspecified atom stereocenters. The van der Waals surface area contributed by atoms with E-state index in [0.29, 0.717) is 56.5 Å². The molecule has 0 amide bonds. The van der Waals surface area contributed by atoms with Crippen LogP contribution in [-0.4, -0.2) is 88.6 Å². The van der Waals surface area contributed by atoms with Crippen molar-refractivity contribution in [2.45, 2.75) is 13.2 Å². The summed E-state index contributed by atoms with van der Waals surface area (Å²) in [4.78, 5) is 34.1. The summed E-state index contributed by atoms with van der Waals surface area (Å²) in [5.41, 5.74) is 4.45. The average Bonchev–Trinajstić information content (AvgIpc) is 3.78. The SMILES string of the molecule is COc1ccc2[nH]c3c(C(=O)OCOCOCc4cccc(COCOCCOC(=O)n5c6ccc(OC)cc6c6cc(OC)ccc65)n4)cc(OC)cc3c2c1. The summed E-state index contributed by atoms with van der Waals surface area (Å²) in [6.07, 6.45) is -0.535. The van der Waals surface area contributed by atoms with E-state index in [-0.39, 0.29) is 46.8 Å². The molecule has 0 radical (unpaired) electrons. The molecule has 0 spiro atoms. The number of fused-ring (bicyclic) bond motifs is 6. The van der Waals surface area contributed by atoms with Crippen molar-refractivity contribution in [3.63, 3.8) is 0 Å². The summed E-state index contributed by atoms with van der Waals surface area (Å²) in [6.45, 7) is 0.0155. The van der Waals surface area contributed by atoms with Gasteiger partial charge in [0, 0.05) is 27.1 Å². The highest BCUT2D eigenvalue weighted by Gasteiger charge is 2.20. The number of methoxy groups -OCH3 is 4. The van der Waals surface area contributed by atoms with Crippen molar-refractivity contribution in [3.05, 3.63) is 102 Å². The largest absolute Gasteiger partial charge is 0.497 e. The predicted octanol–water partition coefficient (Wildman–Crippen LogP) is 7.34. The van der Waals surface area contributed by atoms with Gasteiger partial charge in [-0.05, 0) is 78.9 Å². The molecule has 4 aromatic carbocycles. The lowest BCUT2D eigenvalue weighted by Gasteiger charge is -2.10. The average molecular weight is 780 g/mol. The lowest BCUT2D eigenvalue weighted by molar-refractivity contribution is -0.118. The Labute approximate surface area is 326 Å². The van der Waals surface area contributed by atoms with Gasteiger partial charge in [0.05, 0.1) is 81.8 Å². The Morgan fingerprint density at radius 1 is 0.579 bits per heavy atom. The molecule has 0 fully saturated rings. The number of esters is 1. The maximum absolute atomic E-state index is 13.2. The van der Waals surface area contributed by atoms with Crippen molar-refractivity contribution in [1.82, 2.24) is 14.5 Å². The van der Waals surface area contributed by atoms with Crippen LogP contribution in [0.3, 0.4) is 0 Å². The minimum absolute atomic E-state index is 0.0208. The zero-order valence-corrected chi connectivity index (χ0v) is 31.8. The first-order chi connectivity index (χ1) is 27.9. The topological polar surface area (TPSA) is 160 Å². The van der Waals surface area contributed by atoms with E-state index >= 15 is 0 Å². The van der Waals surface area contributed by atoms with E-state index in [2.05, 4.69) is 9.97 Å². The zero-order valence-electron chi connectivity index (χ0n) is 31.8. The van der Waals surface area contributed by atoms with E-state index in [0.717, 1.165) is 27.1 Å². The number of rotatable bonds is 18. The van der Waals surface area contributed by atoms with Gasteiger partial charge >= 0.3 is 12.1 Å². The number of carbonyl (C=O) groups is 2. The third-order valence-electron chi connectivity index (χ3n) is 9.13. The molecule has 0 saturated heterocycles. The van der Waals surface area contributed by atoms with Crippen LogP contribution in [0.1, 0.15) is 21.7 Å². The minimum Gasteiger partial charge on any atom is -0.497 e. The zero-order chi connectivity index (χ0) is 39.7. The number of hydrogen-bond acceptors (Lipinski definition) is 13. The van der Waals surface area contributed by atoms with Crippen molar-refractivity contribution in [3.8, 4) is 23.0 Å². The molecule has 7 aromatic rings. The number of H-pyrrole nitrogens is 1. The van der Waals surface area contributed by atoms with Gasteiger partial charge in [0.15, 0.2) is 13.6 Å². The normalized spacial score (nSPS) is 11.4. The van der Waals surface area contributed by atoms with Crippen molar-refractivity contribution >= 4 is 55.7 Å². The number of nitrogens with zero attached hydrogens (tertiary/aromatic N) is 2. The number of nitrogens with one attached hydrogen (secondary N) is 1. The quantitative estimate of drug-likeness (QED) is 0.0524. The molecule has 3 aromatic heterocycles. The summed E-state index contributed by atoms with van der Waals surface area (Å²) < 4.78 is 56.2. The van der Waals surface area contributed by atoms with Gasteiger partial charge in [-0.15, -0.1) is 0 Å². The summed E-state index contributed by atoms with van der Waals surface area (Å²) in [5, 5.41) is 3.35. The smallest absolute Gasteiger partial charge is 0.419 e. The van der Waals surface area contributed by atoms with Gasteiger partial charge in [0.25, 0.3) is 0 Å². The van der Waals surface area contributed by atoms with Gasteiger partial charge in [-0.25, -0.2) is 14.2 Å². The standard InChI is InChI=1S/C42H41N3O12/c1-48-28-8-11-37-32(16-28)35-19-31(51-4)20-36(40(35)44-37)41(46)57-25-55-24-54-22-27-7-5-6-26(43-27)21-53-23-52-14-15-56-42(47)45-38-12-9-29(49-2)17-33(38)34-18-30(50-3)10-13-39(34)45/h5-13,16-20,44H,14-15,21-25H2,1-4H3. The first-order valence-electron chi connectivity index (χ1n) is 17.8. The van der Waals surface area contributed by atoms with Crippen molar-refractivity contribution < 1.29 is 57.0 Å². The summed E-state index contributed by atoms with van der Waals surface area (Å²) >= 11 is 0. The van der Waals surface area contributed by atoms with Crippen molar-refractivity contribution in [2.24, 2.45) is 0 Å². The number of aromatic amines is 1. The maximum Gasteiger partial charge on any atom is 0.419 e. The Balaban J connectivity index is 0.815. The van der Waals surface area contributed by atoms with Crippen LogP contribution >= 0.6 is 0 Å². The van der Waals surface area contributed by atoms with E-state index in [1.165, 1.54) is 11.7 Å². The second-order valence-electron chi connectivity index (χ2n) is 12.6. The molecule has 7 rings (SSSR count). The molecule has 0 aliphatic heterocycles. The molecule has 0 aliphatic rings. The molecule has 3 heterocycles.